The second-order valence-corrected chi connectivity index (χ2v) is 6.04. The third-order valence-electron chi connectivity index (χ3n) is 4.14. The van der Waals surface area contributed by atoms with Crippen molar-refractivity contribution in [2.45, 2.75) is 45.3 Å². The minimum Gasteiger partial charge on any atom is -0.497 e. The van der Waals surface area contributed by atoms with Crippen LogP contribution in [0.5, 0.6) is 11.5 Å². The average molecular weight is 292 g/mol. The molecule has 1 saturated heterocycles. The summed E-state index contributed by atoms with van der Waals surface area (Å²) < 4.78 is 10.7. The van der Waals surface area contributed by atoms with E-state index >= 15 is 0 Å². The average Bonchev–Trinajstić information content (AvgIpc) is 2.99. The fraction of sp³-hybridized carbons (Fsp3) is 0.647. The van der Waals surface area contributed by atoms with E-state index in [-0.39, 0.29) is 0 Å². The quantitative estimate of drug-likeness (QED) is 0.838. The molecule has 1 aliphatic heterocycles. The molecule has 1 aromatic rings. The maximum absolute atomic E-state index is 5.36. The first-order valence-electron chi connectivity index (χ1n) is 7.81. The van der Waals surface area contributed by atoms with Crippen molar-refractivity contribution in [1.82, 2.24) is 10.2 Å². The summed E-state index contributed by atoms with van der Waals surface area (Å²) in [5.74, 6) is 1.71. The molecule has 1 fully saturated rings. The number of hydrogen-bond donors (Lipinski definition) is 1. The Morgan fingerprint density at radius 3 is 2.33 bits per heavy atom. The molecule has 0 aromatic heterocycles. The molecule has 0 aliphatic carbocycles. The maximum atomic E-state index is 5.36. The fourth-order valence-electron chi connectivity index (χ4n) is 2.85. The zero-order valence-corrected chi connectivity index (χ0v) is 13.7. The summed E-state index contributed by atoms with van der Waals surface area (Å²) in [5, 5.41) is 3.58. The molecule has 0 spiro atoms. The molecule has 0 saturated carbocycles. The highest BCUT2D eigenvalue weighted by Gasteiger charge is 2.20. The van der Waals surface area contributed by atoms with Crippen molar-refractivity contribution in [2.75, 3.05) is 27.3 Å². The fourth-order valence-corrected chi connectivity index (χ4v) is 2.85. The first kappa shape index (κ1) is 16.1. The highest BCUT2D eigenvalue weighted by Crippen LogP contribution is 2.24. The number of methoxy groups -OCH3 is 2. The van der Waals surface area contributed by atoms with Gasteiger partial charge in [-0.25, -0.2) is 0 Å². The summed E-state index contributed by atoms with van der Waals surface area (Å²) in [6.45, 7) is 7.68. The summed E-state index contributed by atoms with van der Waals surface area (Å²) in [6, 6.07) is 7.26. The molecule has 4 heteroatoms. The van der Waals surface area contributed by atoms with Gasteiger partial charge in [0.25, 0.3) is 0 Å². The Kier molecular flexibility index (Phi) is 5.88. The molecule has 1 aromatic carbocycles. The minimum atomic E-state index is 0.518. The van der Waals surface area contributed by atoms with E-state index in [1.165, 1.54) is 18.4 Å². The molecule has 21 heavy (non-hydrogen) atoms. The first-order valence-corrected chi connectivity index (χ1v) is 7.81. The van der Waals surface area contributed by atoms with E-state index < -0.39 is 0 Å². The van der Waals surface area contributed by atoms with Gasteiger partial charge in [-0.2, -0.15) is 0 Å². The Morgan fingerprint density at radius 1 is 1.19 bits per heavy atom. The number of hydrogen-bond acceptors (Lipinski definition) is 4. The second-order valence-electron chi connectivity index (χ2n) is 6.04. The van der Waals surface area contributed by atoms with Crippen molar-refractivity contribution >= 4 is 0 Å². The molecule has 4 nitrogen and oxygen atoms in total. The zero-order chi connectivity index (χ0) is 15.2. The van der Waals surface area contributed by atoms with E-state index in [1.807, 2.05) is 6.07 Å². The molecule has 0 bridgehead atoms. The van der Waals surface area contributed by atoms with Crippen LogP contribution in [0.1, 0.15) is 32.3 Å². The van der Waals surface area contributed by atoms with Crippen LogP contribution in [-0.2, 0) is 6.54 Å². The van der Waals surface area contributed by atoms with E-state index in [9.17, 15) is 0 Å². The van der Waals surface area contributed by atoms with Crippen molar-refractivity contribution in [3.63, 3.8) is 0 Å². The molecule has 1 atom stereocenters. The van der Waals surface area contributed by atoms with Gasteiger partial charge in [-0.05, 0) is 50.9 Å². The predicted octanol–water partition coefficient (Wildman–Crippen LogP) is 2.67. The van der Waals surface area contributed by atoms with Crippen LogP contribution in [0.3, 0.4) is 0 Å². The van der Waals surface area contributed by atoms with Crippen molar-refractivity contribution in [3.05, 3.63) is 23.8 Å². The second kappa shape index (κ2) is 7.66. The number of nitrogens with one attached hydrogen (secondary N) is 1. The number of nitrogens with zero attached hydrogens (tertiary/aromatic N) is 1. The van der Waals surface area contributed by atoms with Crippen LogP contribution in [0, 0.1) is 0 Å². The summed E-state index contributed by atoms with van der Waals surface area (Å²) in [6.07, 6.45) is 2.58. The number of ether oxygens (including phenoxy) is 2. The van der Waals surface area contributed by atoms with Crippen molar-refractivity contribution < 1.29 is 9.47 Å². The van der Waals surface area contributed by atoms with E-state index in [0.29, 0.717) is 12.1 Å². The standard InChI is InChI=1S/C17H28N2O2/c1-13(2)19(12-15-6-5-7-18-15)11-14-8-16(20-3)10-17(9-14)21-4/h8-10,13,15,18H,5-7,11-12H2,1-4H3. The molecule has 1 unspecified atom stereocenters. The molecule has 118 valence electrons. The predicted molar refractivity (Wildman–Crippen MR) is 86.1 cm³/mol. The van der Waals surface area contributed by atoms with E-state index in [4.69, 9.17) is 9.47 Å². The zero-order valence-electron chi connectivity index (χ0n) is 13.7. The van der Waals surface area contributed by atoms with Gasteiger partial charge in [-0.1, -0.05) is 0 Å². The minimum absolute atomic E-state index is 0.518. The Labute approximate surface area is 128 Å². The molecule has 2 rings (SSSR count). The van der Waals surface area contributed by atoms with Gasteiger partial charge in [0, 0.05) is 31.2 Å². The maximum Gasteiger partial charge on any atom is 0.122 e. The SMILES string of the molecule is COc1cc(CN(CC2CCCN2)C(C)C)cc(OC)c1. The van der Waals surface area contributed by atoms with Crippen molar-refractivity contribution in [1.29, 1.82) is 0 Å². The number of benzene rings is 1. The van der Waals surface area contributed by atoms with Crippen LogP contribution >= 0.6 is 0 Å². The molecule has 1 N–H and O–H groups in total. The lowest BCUT2D eigenvalue weighted by atomic mass is 10.1. The van der Waals surface area contributed by atoms with E-state index in [0.717, 1.165) is 31.1 Å². The summed E-state index contributed by atoms with van der Waals surface area (Å²) in [4.78, 5) is 2.51. The van der Waals surface area contributed by atoms with Crippen LogP contribution in [0.15, 0.2) is 18.2 Å². The summed E-state index contributed by atoms with van der Waals surface area (Å²) in [5.41, 5.74) is 1.23. The molecular formula is C17H28N2O2. The van der Waals surface area contributed by atoms with Gasteiger partial charge >= 0.3 is 0 Å². The van der Waals surface area contributed by atoms with Gasteiger partial charge in [0.1, 0.15) is 11.5 Å². The van der Waals surface area contributed by atoms with Crippen LogP contribution in [0.25, 0.3) is 0 Å². The van der Waals surface area contributed by atoms with Crippen LogP contribution in [-0.4, -0.2) is 44.3 Å². The van der Waals surface area contributed by atoms with Gasteiger partial charge in [0.2, 0.25) is 0 Å². The lowest BCUT2D eigenvalue weighted by Crippen LogP contribution is -2.40. The third kappa shape index (κ3) is 4.61. The van der Waals surface area contributed by atoms with E-state index in [1.54, 1.807) is 14.2 Å². The molecule has 0 amide bonds. The highest BCUT2D eigenvalue weighted by molar-refractivity contribution is 5.38. The van der Waals surface area contributed by atoms with Gasteiger partial charge in [0.05, 0.1) is 14.2 Å². The topological polar surface area (TPSA) is 33.7 Å². The van der Waals surface area contributed by atoms with Gasteiger partial charge in [-0.3, -0.25) is 4.90 Å². The number of rotatable bonds is 7. The Hall–Kier alpha value is -1.26. The van der Waals surface area contributed by atoms with E-state index in [2.05, 4.69) is 36.2 Å². The first-order chi connectivity index (χ1) is 10.1. The molecular weight excluding hydrogens is 264 g/mol. The van der Waals surface area contributed by atoms with Gasteiger partial charge < -0.3 is 14.8 Å². The van der Waals surface area contributed by atoms with Crippen LogP contribution in [0.4, 0.5) is 0 Å². The van der Waals surface area contributed by atoms with Gasteiger partial charge in [0.15, 0.2) is 0 Å². The molecule has 1 aliphatic rings. The Bertz CT molecular complexity index is 420. The third-order valence-corrected chi connectivity index (χ3v) is 4.14. The molecule has 1 heterocycles. The summed E-state index contributed by atoms with van der Waals surface area (Å²) >= 11 is 0. The van der Waals surface area contributed by atoms with Gasteiger partial charge in [-0.15, -0.1) is 0 Å². The highest BCUT2D eigenvalue weighted by atomic mass is 16.5. The Balaban J connectivity index is 2.08. The van der Waals surface area contributed by atoms with Crippen molar-refractivity contribution in [2.24, 2.45) is 0 Å². The summed E-state index contributed by atoms with van der Waals surface area (Å²) in [7, 11) is 3.39. The van der Waals surface area contributed by atoms with Crippen LogP contribution < -0.4 is 14.8 Å². The molecule has 0 radical (unpaired) electrons. The Morgan fingerprint density at radius 2 is 1.86 bits per heavy atom. The lowest BCUT2D eigenvalue weighted by Gasteiger charge is -2.29. The normalized spacial score (nSPS) is 18.5. The lowest BCUT2D eigenvalue weighted by molar-refractivity contribution is 0.193. The van der Waals surface area contributed by atoms with Crippen molar-refractivity contribution in [3.8, 4) is 11.5 Å². The van der Waals surface area contributed by atoms with Crippen LogP contribution in [0.2, 0.25) is 0 Å². The smallest absolute Gasteiger partial charge is 0.122 e. The monoisotopic (exact) mass is 292 g/mol. The largest absolute Gasteiger partial charge is 0.497 e.